The van der Waals surface area contributed by atoms with E-state index in [0.29, 0.717) is 21.8 Å². The van der Waals surface area contributed by atoms with Crippen LogP contribution in [0.15, 0.2) is 42.5 Å². The van der Waals surface area contributed by atoms with E-state index in [1.165, 1.54) is 30.3 Å². The second-order valence-electron chi connectivity index (χ2n) is 4.71. The molecule has 116 valence electrons. The highest BCUT2D eigenvalue weighted by molar-refractivity contribution is 6.31. The van der Waals surface area contributed by atoms with Gasteiger partial charge in [-0.25, -0.2) is 4.39 Å². The predicted octanol–water partition coefficient (Wildman–Crippen LogP) is 3.72. The first-order valence-electron chi connectivity index (χ1n) is 6.59. The van der Waals surface area contributed by atoms with E-state index in [0.717, 1.165) is 0 Å². The lowest BCUT2D eigenvalue weighted by Crippen LogP contribution is -2.22. The number of halogens is 3. The molecule has 2 rings (SSSR count). The van der Waals surface area contributed by atoms with E-state index in [-0.39, 0.29) is 18.2 Å². The van der Waals surface area contributed by atoms with Crippen molar-refractivity contribution in [2.45, 2.75) is 6.10 Å². The van der Waals surface area contributed by atoms with Crippen LogP contribution >= 0.6 is 23.2 Å². The van der Waals surface area contributed by atoms with Gasteiger partial charge in [0, 0.05) is 28.4 Å². The van der Waals surface area contributed by atoms with Gasteiger partial charge in [0.15, 0.2) is 5.78 Å². The molecule has 0 aliphatic heterocycles. The summed E-state index contributed by atoms with van der Waals surface area (Å²) >= 11 is 11.5. The van der Waals surface area contributed by atoms with Crippen LogP contribution in [0.3, 0.4) is 0 Å². The van der Waals surface area contributed by atoms with E-state index < -0.39 is 11.9 Å². The van der Waals surface area contributed by atoms with Crippen LogP contribution in [0.4, 0.5) is 10.1 Å². The third-order valence-corrected chi connectivity index (χ3v) is 3.63. The number of hydrogen-bond acceptors (Lipinski definition) is 3. The molecule has 1 atom stereocenters. The van der Waals surface area contributed by atoms with Gasteiger partial charge in [0.25, 0.3) is 0 Å². The van der Waals surface area contributed by atoms with Crippen molar-refractivity contribution in [2.75, 3.05) is 17.7 Å². The second kappa shape index (κ2) is 7.58. The molecule has 2 aromatic rings. The summed E-state index contributed by atoms with van der Waals surface area (Å²) in [5, 5.41) is 12.9. The first-order chi connectivity index (χ1) is 10.5. The Labute approximate surface area is 137 Å². The number of aliphatic hydroxyl groups excluding tert-OH is 1. The molecule has 0 aromatic heterocycles. The number of hydrogen-bond donors (Lipinski definition) is 2. The molecular weight excluding hydrogens is 328 g/mol. The van der Waals surface area contributed by atoms with Gasteiger partial charge < -0.3 is 10.4 Å². The van der Waals surface area contributed by atoms with Crippen LogP contribution < -0.4 is 5.32 Å². The van der Waals surface area contributed by atoms with Crippen molar-refractivity contribution in [1.29, 1.82) is 0 Å². The van der Waals surface area contributed by atoms with Gasteiger partial charge in [-0.1, -0.05) is 11.6 Å². The van der Waals surface area contributed by atoms with E-state index in [1.54, 1.807) is 12.1 Å². The molecule has 0 fully saturated rings. The Morgan fingerprint density at radius 1 is 1.23 bits per heavy atom. The Morgan fingerprint density at radius 2 is 1.91 bits per heavy atom. The molecule has 0 aliphatic carbocycles. The van der Waals surface area contributed by atoms with E-state index in [1.807, 2.05) is 0 Å². The zero-order chi connectivity index (χ0) is 16.1. The highest BCUT2D eigenvalue weighted by Gasteiger charge is 2.15. The highest BCUT2D eigenvalue weighted by Crippen LogP contribution is 2.24. The molecule has 0 bridgehead atoms. The number of rotatable bonds is 6. The Kier molecular flexibility index (Phi) is 5.77. The van der Waals surface area contributed by atoms with Crippen LogP contribution in [0.2, 0.25) is 5.02 Å². The molecule has 0 radical (unpaired) electrons. The number of aliphatic hydroxyl groups is 1. The fraction of sp³-hybridized carbons (Fsp3) is 0.188. The Hall–Kier alpha value is -1.62. The second-order valence-corrected chi connectivity index (χ2v) is 5.46. The van der Waals surface area contributed by atoms with Crippen LogP contribution in [-0.4, -0.2) is 29.4 Å². The third kappa shape index (κ3) is 4.19. The summed E-state index contributed by atoms with van der Waals surface area (Å²) in [5.74, 6) is -0.612. The van der Waals surface area contributed by atoms with Crippen molar-refractivity contribution >= 4 is 34.7 Å². The summed E-state index contributed by atoms with van der Waals surface area (Å²) in [6.07, 6.45) is -0.730. The number of carbonyl (C=O) groups is 1. The highest BCUT2D eigenvalue weighted by atomic mass is 35.5. The first-order valence-corrected chi connectivity index (χ1v) is 7.50. The molecule has 0 saturated carbocycles. The molecule has 2 N–H and O–H groups in total. The van der Waals surface area contributed by atoms with Gasteiger partial charge in [-0.2, -0.15) is 0 Å². The van der Waals surface area contributed by atoms with Gasteiger partial charge in [-0.3, -0.25) is 4.79 Å². The quantitative estimate of drug-likeness (QED) is 0.621. The summed E-state index contributed by atoms with van der Waals surface area (Å²) in [6, 6.07) is 10.1. The minimum atomic E-state index is -0.730. The van der Waals surface area contributed by atoms with Crippen molar-refractivity contribution in [3.8, 4) is 0 Å². The van der Waals surface area contributed by atoms with E-state index >= 15 is 0 Å². The van der Waals surface area contributed by atoms with Gasteiger partial charge in [-0.05, 0) is 42.5 Å². The summed E-state index contributed by atoms with van der Waals surface area (Å²) < 4.78 is 13.0. The molecule has 0 amide bonds. The first kappa shape index (κ1) is 16.7. The van der Waals surface area contributed by atoms with Gasteiger partial charge in [0.1, 0.15) is 5.82 Å². The molecule has 0 aliphatic rings. The monoisotopic (exact) mass is 341 g/mol. The third-order valence-electron chi connectivity index (χ3n) is 3.04. The normalized spacial score (nSPS) is 12.0. The molecule has 3 nitrogen and oxygen atoms in total. The fourth-order valence-electron chi connectivity index (χ4n) is 1.90. The number of ketones is 1. The molecule has 0 saturated heterocycles. The standard InChI is InChI=1S/C16H14Cl2FNO2/c17-8-13(21)9-20-15-6-3-11(18)7-14(15)16(22)10-1-4-12(19)5-2-10/h1-7,13,20-21H,8-9H2. The average Bonchev–Trinajstić information content (AvgIpc) is 2.53. The van der Waals surface area contributed by atoms with Gasteiger partial charge in [0.2, 0.25) is 0 Å². The number of benzene rings is 2. The van der Waals surface area contributed by atoms with Gasteiger partial charge in [-0.15, -0.1) is 11.6 Å². The zero-order valence-corrected chi connectivity index (χ0v) is 13.0. The minimum absolute atomic E-state index is 0.0852. The van der Waals surface area contributed by atoms with Crippen LogP contribution in [-0.2, 0) is 0 Å². The Balaban J connectivity index is 2.30. The topological polar surface area (TPSA) is 49.3 Å². The van der Waals surface area contributed by atoms with Crippen LogP contribution in [0, 0.1) is 5.82 Å². The minimum Gasteiger partial charge on any atom is -0.390 e. The maximum Gasteiger partial charge on any atom is 0.195 e. The van der Waals surface area contributed by atoms with Gasteiger partial charge in [0.05, 0.1) is 12.0 Å². The summed E-state index contributed by atoms with van der Waals surface area (Å²) in [7, 11) is 0. The zero-order valence-electron chi connectivity index (χ0n) is 11.5. The number of nitrogens with one attached hydrogen (secondary N) is 1. The Bertz CT molecular complexity index is 662. The maximum atomic E-state index is 13.0. The van der Waals surface area contributed by atoms with Crippen LogP contribution in [0.5, 0.6) is 0 Å². The van der Waals surface area contributed by atoms with E-state index in [4.69, 9.17) is 23.2 Å². The van der Waals surface area contributed by atoms with Crippen molar-refractivity contribution < 1.29 is 14.3 Å². The predicted molar refractivity (Wildman–Crippen MR) is 86.5 cm³/mol. The molecule has 2 aromatic carbocycles. The molecule has 0 spiro atoms. The summed E-state index contributed by atoms with van der Waals surface area (Å²) in [5.41, 5.74) is 1.23. The van der Waals surface area contributed by atoms with Crippen molar-refractivity contribution in [1.82, 2.24) is 0 Å². The molecular formula is C16H14Cl2FNO2. The smallest absolute Gasteiger partial charge is 0.195 e. The van der Waals surface area contributed by atoms with E-state index in [9.17, 15) is 14.3 Å². The number of carbonyl (C=O) groups excluding carboxylic acids is 1. The van der Waals surface area contributed by atoms with Gasteiger partial charge >= 0.3 is 0 Å². The summed E-state index contributed by atoms with van der Waals surface area (Å²) in [4.78, 5) is 12.5. The molecule has 1 unspecified atom stereocenters. The SMILES string of the molecule is O=C(c1ccc(F)cc1)c1cc(Cl)ccc1NCC(O)CCl. The molecule has 6 heteroatoms. The van der Waals surface area contributed by atoms with Crippen molar-refractivity contribution in [2.24, 2.45) is 0 Å². The average molecular weight is 342 g/mol. The van der Waals surface area contributed by atoms with E-state index in [2.05, 4.69) is 5.32 Å². The fourth-order valence-corrected chi connectivity index (χ4v) is 2.18. The maximum absolute atomic E-state index is 13.0. The molecule has 22 heavy (non-hydrogen) atoms. The van der Waals surface area contributed by atoms with Crippen LogP contribution in [0.1, 0.15) is 15.9 Å². The number of alkyl halides is 1. The van der Waals surface area contributed by atoms with Crippen molar-refractivity contribution in [3.63, 3.8) is 0 Å². The number of anilines is 1. The lowest BCUT2D eigenvalue weighted by molar-refractivity contribution is 0.103. The Morgan fingerprint density at radius 3 is 2.55 bits per heavy atom. The lowest BCUT2D eigenvalue weighted by Gasteiger charge is -2.14. The van der Waals surface area contributed by atoms with Crippen LogP contribution in [0.25, 0.3) is 0 Å². The lowest BCUT2D eigenvalue weighted by atomic mass is 10.0. The molecule has 0 heterocycles. The summed E-state index contributed by atoms with van der Waals surface area (Å²) in [6.45, 7) is 0.203. The van der Waals surface area contributed by atoms with Crippen molar-refractivity contribution in [3.05, 3.63) is 64.4 Å². The largest absolute Gasteiger partial charge is 0.390 e.